The number of rotatable bonds is 3. The number of nitrogens with zero attached hydrogens (tertiary/aromatic N) is 2. The van der Waals surface area contributed by atoms with E-state index in [0.29, 0.717) is 6.42 Å². The summed E-state index contributed by atoms with van der Waals surface area (Å²) in [5.41, 5.74) is 0.148. The molecular weight excluding hydrogens is 200 g/mol. The first-order chi connectivity index (χ1) is 7.17. The van der Waals surface area contributed by atoms with Crippen molar-refractivity contribution in [3.8, 4) is 6.07 Å². The molecule has 1 amide bonds. The van der Waals surface area contributed by atoms with Crippen LogP contribution < -0.4 is 0 Å². The van der Waals surface area contributed by atoms with E-state index in [4.69, 9.17) is 5.26 Å². The Bertz CT molecular complexity index is 324. The molecule has 90 valence electrons. The van der Waals surface area contributed by atoms with Crippen molar-refractivity contribution in [2.45, 2.75) is 47.1 Å². The maximum absolute atomic E-state index is 12.3. The van der Waals surface area contributed by atoms with Gasteiger partial charge < -0.3 is 4.90 Å². The van der Waals surface area contributed by atoms with Crippen LogP contribution in [-0.2, 0) is 4.79 Å². The zero-order valence-electron chi connectivity index (χ0n) is 11.2. The molecule has 0 saturated heterocycles. The molecule has 1 rings (SSSR count). The van der Waals surface area contributed by atoms with Gasteiger partial charge in [-0.25, -0.2) is 0 Å². The molecule has 0 aromatic rings. The second-order valence-corrected chi connectivity index (χ2v) is 6.04. The number of carbonyl (C=O) groups is 1. The molecule has 3 nitrogen and oxygen atoms in total. The molecule has 3 heteroatoms. The van der Waals surface area contributed by atoms with Crippen LogP contribution in [0.4, 0.5) is 0 Å². The van der Waals surface area contributed by atoms with Crippen LogP contribution >= 0.6 is 0 Å². The largest absolute Gasteiger partial charge is 0.342 e. The predicted molar refractivity (Wildman–Crippen MR) is 63.5 cm³/mol. The first-order valence-electron chi connectivity index (χ1n) is 5.81. The van der Waals surface area contributed by atoms with Gasteiger partial charge in [0.2, 0.25) is 5.91 Å². The van der Waals surface area contributed by atoms with Crippen molar-refractivity contribution in [3.63, 3.8) is 0 Å². The van der Waals surface area contributed by atoms with Gasteiger partial charge in [0.25, 0.3) is 0 Å². The van der Waals surface area contributed by atoms with Crippen molar-refractivity contribution < 1.29 is 4.79 Å². The summed E-state index contributed by atoms with van der Waals surface area (Å²) in [6.45, 7) is 10.5. The van der Waals surface area contributed by atoms with E-state index in [2.05, 4.69) is 33.8 Å². The van der Waals surface area contributed by atoms with E-state index in [1.54, 1.807) is 11.9 Å². The number of amides is 1. The van der Waals surface area contributed by atoms with Crippen LogP contribution in [0.5, 0.6) is 0 Å². The van der Waals surface area contributed by atoms with E-state index in [1.165, 1.54) is 0 Å². The molecule has 1 aliphatic carbocycles. The zero-order chi connectivity index (χ0) is 12.7. The zero-order valence-corrected chi connectivity index (χ0v) is 11.2. The van der Waals surface area contributed by atoms with Crippen molar-refractivity contribution in [1.82, 2.24) is 4.90 Å². The first-order valence-corrected chi connectivity index (χ1v) is 5.81. The average Bonchev–Trinajstić information content (AvgIpc) is 2.56. The van der Waals surface area contributed by atoms with Gasteiger partial charge in [-0.2, -0.15) is 5.26 Å². The van der Waals surface area contributed by atoms with Crippen LogP contribution in [0, 0.1) is 28.1 Å². The third kappa shape index (κ3) is 1.71. The van der Waals surface area contributed by atoms with Crippen molar-refractivity contribution in [2.24, 2.45) is 16.7 Å². The molecule has 1 atom stereocenters. The fraction of sp³-hybridized carbons (Fsp3) is 0.846. The predicted octanol–water partition coefficient (Wildman–Crippen LogP) is 2.43. The molecule has 1 aliphatic rings. The maximum atomic E-state index is 12.3. The van der Waals surface area contributed by atoms with Gasteiger partial charge in [0.15, 0.2) is 0 Å². The molecule has 1 saturated carbocycles. The Morgan fingerprint density at radius 2 is 1.81 bits per heavy atom. The Labute approximate surface area is 98.4 Å². The lowest BCUT2D eigenvalue weighted by Gasteiger charge is -2.24. The minimum Gasteiger partial charge on any atom is -0.342 e. The lowest BCUT2D eigenvalue weighted by molar-refractivity contribution is -0.134. The lowest BCUT2D eigenvalue weighted by atomic mass is 10.0. The smallest absolute Gasteiger partial charge is 0.226 e. The summed E-state index contributed by atoms with van der Waals surface area (Å²) in [7, 11) is 1.80. The lowest BCUT2D eigenvalue weighted by Crippen LogP contribution is -2.37. The highest BCUT2D eigenvalue weighted by molar-refractivity contribution is 5.84. The molecule has 0 aliphatic heterocycles. The fourth-order valence-corrected chi connectivity index (χ4v) is 2.50. The third-order valence-corrected chi connectivity index (χ3v) is 4.66. The summed E-state index contributed by atoms with van der Waals surface area (Å²) in [5.74, 6) is 0.267. The van der Waals surface area contributed by atoms with Gasteiger partial charge >= 0.3 is 0 Å². The monoisotopic (exact) mass is 222 g/mol. The van der Waals surface area contributed by atoms with E-state index in [1.807, 2.05) is 6.92 Å². The van der Waals surface area contributed by atoms with Gasteiger partial charge in [0.05, 0.1) is 12.5 Å². The van der Waals surface area contributed by atoms with Crippen LogP contribution in [-0.4, -0.2) is 23.9 Å². The van der Waals surface area contributed by atoms with Gasteiger partial charge in [-0.1, -0.05) is 27.7 Å². The second-order valence-electron chi connectivity index (χ2n) is 6.04. The Morgan fingerprint density at radius 1 is 1.38 bits per heavy atom. The Kier molecular flexibility index (Phi) is 3.06. The molecular formula is C13H22N2O. The quantitative estimate of drug-likeness (QED) is 0.736. The number of hydrogen-bond acceptors (Lipinski definition) is 2. The molecule has 16 heavy (non-hydrogen) atoms. The normalized spacial score (nSPS) is 23.3. The molecule has 0 radical (unpaired) electrons. The SMILES string of the molecule is CC(CC#N)N(C)C(=O)C1C(C)(C)C1(C)C. The summed E-state index contributed by atoms with van der Waals surface area (Å²) >= 11 is 0. The molecule has 0 aromatic heterocycles. The van der Waals surface area contributed by atoms with Crippen molar-refractivity contribution in [3.05, 3.63) is 0 Å². The standard InChI is InChI=1S/C13H22N2O/c1-9(7-8-14)15(6)11(16)10-12(2,3)13(10,4)5/h9-10H,7H2,1-6H3. The molecule has 0 bridgehead atoms. The molecule has 0 N–H and O–H groups in total. The number of nitriles is 1. The summed E-state index contributed by atoms with van der Waals surface area (Å²) < 4.78 is 0. The van der Waals surface area contributed by atoms with Crippen LogP contribution in [0.2, 0.25) is 0 Å². The molecule has 0 spiro atoms. The number of hydrogen-bond donors (Lipinski definition) is 0. The van der Waals surface area contributed by atoms with Gasteiger partial charge in [0, 0.05) is 19.0 Å². The van der Waals surface area contributed by atoms with E-state index < -0.39 is 0 Å². The summed E-state index contributed by atoms with van der Waals surface area (Å²) in [6, 6.07) is 2.11. The van der Waals surface area contributed by atoms with E-state index in [0.717, 1.165) is 0 Å². The highest BCUT2D eigenvalue weighted by Gasteiger charge is 2.68. The van der Waals surface area contributed by atoms with E-state index in [-0.39, 0.29) is 28.7 Å². The Balaban J connectivity index is 2.72. The molecule has 1 unspecified atom stereocenters. The summed E-state index contributed by atoms with van der Waals surface area (Å²) in [6.07, 6.45) is 0.399. The Hall–Kier alpha value is -1.04. The summed E-state index contributed by atoms with van der Waals surface area (Å²) in [5, 5.41) is 8.64. The summed E-state index contributed by atoms with van der Waals surface area (Å²) in [4.78, 5) is 14.0. The van der Waals surface area contributed by atoms with Crippen molar-refractivity contribution in [1.29, 1.82) is 5.26 Å². The van der Waals surface area contributed by atoms with Gasteiger partial charge in [-0.05, 0) is 17.8 Å². The molecule has 0 heterocycles. The highest BCUT2D eigenvalue weighted by Crippen LogP contribution is 2.68. The second kappa shape index (κ2) is 3.76. The van der Waals surface area contributed by atoms with Gasteiger partial charge in [-0.15, -0.1) is 0 Å². The van der Waals surface area contributed by atoms with Crippen LogP contribution in [0.15, 0.2) is 0 Å². The molecule has 0 aromatic carbocycles. The highest BCUT2D eigenvalue weighted by atomic mass is 16.2. The Morgan fingerprint density at radius 3 is 2.12 bits per heavy atom. The van der Waals surface area contributed by atoms with Crippen LogP contribution in [0.3, 0.4) is 0 Å². The van der Waals surface area contributed by atoms with Crippen molar-refractivity contribution in [2.75, 3.05) is 7.05 Å². The van der Waals surface area contributed by atoms with Crippen molar-refractivity contribution >= 4 is 5.91 Å². The van der Waals surface area contributed by atoms with E-state index in [9.17, 15) is 4.79 Å². The van der Waals surface area contributed by atoms with Crippen LogP contribution in [0.25, 0.3) is 0 Å². The van der Waals surface area contributed by atoms with Crippen LogP contribution in [0.1, 0.15) is 41.0 Å². The molecule has 1 fully saturated rings. The topological polar surface area (TPSA) is 44.1 Å². The van der Waals surface area contributed by atoms with E-state index >= 15 is 0 Å². The van der Waals surface area contributed by atoms with Gasteiger partial charge in [-0.3, -0.25) is 4.79 Å². The maximum Gasteiger partial charge on any atom is 0.226 e. The first kappa shape index (κ1) is 13.0. The minimum atomic E-state index is 0.00435. The van der Waals surface area contributed by atoms with Gasteiger partial charge in [0.1, 0.15) is 0 Å². The minimum absolute atomic E-state index is 0.00435. The average molecular weight is 222 g/mol. The number of carbonyl (C=O) groups excluding carboxylic acids is 1. The fourth-order valence-electron chi connectivity index (χ4n) is 2.50. The third-order valence-electron chi connectivity index (χ3n) is 4.66.